The van der Waals surface area contributed by atoms with Crippen molar-refractivity contribution >= 4 is 16.9 Å². The van der Waals surface area contributed by atoms with E-state index in [1.807, 2.05) is 4.57 Å². The third-order valence-corrected chi connectivity index (χ3v) is 5.09. The predicted octanol–water partition coefficient (Wildman–Crippen LogP) is 2.81. The SMILES string of the molecule is COCCCn1cc(-c2nc(N)ncc2F)c2cc(C#CC(C)(O)c3cc(C)on3)ncc21. The number of ether oxygens (including phenoxy) is 1. The number of aromatic nitrogens is 5. The molecule has 0 spiro atoms. The molecule has 4 heterocycles. The van der Waals surface area contributed by atoms with Crippen LogP contribution in [-0.2, 0) is 16.9 Å². The van der Waals surface area contributed by atoms with Crippen LogP contribution in [0.2, 0.25) is 0 Å². The van der Waals surface area contributed by atoms with Crippen molar-refractivity contribution in [3.05, 3.63) is 53.7 Å². The Labute approximate surface area is 189 Å². The molecule has 1 atom stereocenters. The number of aliphatic hydroxyl groups is 1. The number of hydrogen-bond donors (Lipinski definition) is 2. The Balaban J connectivity index is 1.79. The molecule has 170 valence electrons. The highest BCUT2D eigenvalue weighted by atomic mass is 19.1. The zero-order chi connectivity index (χ0) is 23.6. The van der Waals surface area contributed by atoms with Gasteiger partial charge in [-0.25, -0.2) is 19.3 Å². The van der Waals surface area contributed by atoms with E-state index in [2.05, 4.69) is 31.9 Å². The monoisotopic (exact) mass is 450 g/mol. The van der Waals surface area contributed by atoms with Gasteiger partial charge in [-0.15, -0.1) is 0 Å². The second kappa shape index (κ2) is 8.97. The van der Waals surface area contributed by atoms with Crippen LogP contribution < -0.4 is 5.73 Å². The fourth-order valence-electron chi connectivity index (χ4n) is 3.42. The molecule has 0 bridgehead atoms. The Morgan fingerprint density at radius 1 is 1.30 bits per heavy atom. The fourth-order valence-corrected chi connectivity index (χ4v) is 3.42. The summed E-state index contributed by atoms with van der Waals surface area (Å²) in [4.78, 5) is 12.2. The topological polar surface area (TPSA) is 125 Å². The number of hydrogen-bond acceptors (Lipinski definition) is 8. The van der Waals surface area contributed by atoms with Crippen molar-refractivity contribution in [2.24, 2.45) is 0 Å². The van der Waals surface area contributed by atoms with Crippen LogP contribution in [0.3, 0.4) is 0 Å². The van der Waals surface area contributed by atoms with Crippen LogP contribution in [0.15, 0.2) is 35.2 Å². The van der Waals surface area contributed by atoms with Crippen molar-refractivity contribution in [2.75, 3.05) is 19.5 Å². The number of nitrogens with zero attached hydrogens (tertiary/aromatic N) is 5. The van der Waals surface area contributed by atoms with Gasteiger partial charge in [-0.3, -0.25) is 0 Å². The zero-order valence-electron chi connectivity index (χ0n) is 18.5. The lowest BCUT2D eigenvalue weighted by Gasteiger charge is -2.11. The van der Waals surface area contributed by atoms with Crippen molar-refractivity contribution in [1.29, 1.82) is 0 Å². The Morgan fingerprint density at radius 3 is 2.85 bits per heavy atom. The van der Waals surface area contributed by atoms with Crippen LogP contribution in [0.5, 0.6) is 0 Å². The number of nitrogens with two attached hydrogens (primary N) is 1. The molecule has 0 aliphatic carbocycles. The molecule has 0 aliphatic rings. The van der Waals surface area contributed by atoms with Crippen molar-refractivity contribution < 1.29 is 18.8 Å². The molecule has 3 N–H and O–H groups in total. The molecule has 10 heteroatoms. The van der Waals surface area contributed by atoms with E-state index in [4.69, 9.17) is 15.0 Å². The van der Waals surface area contributed by atoms with Crippen molar-refractivity contribution in [3.63, 3.8) is 0 Å². The molecule has 0 saturated heterocycles. The Hall–Kier alpha value is -3.81. The van der Waals surface area contributed by atoms with Crippen molar-refractivity contribution in [1.82, 2.24) is 24.7 Å². The van der Waals surface area contributed by atoms with E-state index in [0.717, 1.165) is 18.1 Å². The van der Waals surface area contributed by atoms with Crippen LogP contribution in [0.1, 0.15) is 30.5 Å². The molecule has 0 amide bonds. The van der Waals surface area contributed by atoms with Gasteiger partial charge in [0.05, 0.1) is 17.9 Å². The van der Waals surface area contributed by atoms with E-state index in [1.54, 1.807) is 38.6 Å². The molecule has 1 unspecified atom stereocenters. The predicted molar refractivity (Wildman–Crippen MR) is 119 cm³/mol. The third kappa shape index (κ3) is 4.69. The third-order valence-electron chi connectivity index (χ3n) is 5.09. The van der Waals surface area contributed by atoms with Gasteiger partial charge in [-0.1, -0.05) is 11.1 Å². The molecule has 0 aliphatic heterocycles. The van der Waals surface area contributed by atoms with Gasteiger partial charge in [0.15, 0.2) is 11.4 Å². The average molecular weight is 450 g/mol. The molecule has 4 aromatic heterocycles. The minimum absolute atomic E-state index is 0.0280. The summed E-state index contributed by atoms with van der Waals surface area (Å²) in [5.41, 5.74) is 6.28. The lowest BCUT2D eigenvalue weighted by Crippen LogP contribution is -2.18. The first kappa shape index (κ1) is 22.4. The van der Waals surface area contributed by atoms with E-state index in [0.29, 0.717) is 41.2 Å². The molecule has 9 nitrogen and oxygen atoms in total. The standard InChI is InChI=1S/C23H23FN6O3/c1-14-9-20(29-33-14)23(2,31)6-5-15-10-16-17(21-18(24)11-27-22(25)28-21)13-30(7-4-8-32-3)19(16)12-26-15/h9-13,31H,4,7-8H2,1-3H3,(H2,25,27,28). The first-order valence-corrected chi connectivity index (χ1v) is 10.2. The molecular weight excluding hydrogens is 427 g/mol. The van der Waals surface area contributed by atoms with E-state index >= 15 is 0 Å². The lowest BCUT2D eigenvalue weighted by atomic mass is 10.0. The minimum atomic E-state index is -1.53. The Morgan fingerprint density at radius 2 is 2.12 bits per heavy atom. The van der Waals surface area contributed by atoms with Gasteiger partial charge in [0, 0.05) is 43.5 Å². The molecular formula is C23H23FN6O3. The quantitative estimate of drug-likeness (QED) is 0.339. The second-order valence-electron chi connectivity index (χ2n) is 7.74. The summed E-state index contributed by atoms with van der Waals surface area (Å²) in [7, 11) is 1.64. The van der Waals surface area contributed by atoms with Crippen LogP contribution in [-0.4, -0.2) is 43.5 Å². The van der Waals surface area contributed by atoms with Crippen LogP contribution in [0.25, 0.3) is 22.2 Å². The summed E-state index contributed by atoms with van der Waals surface area (Å²) in [6.45, 7) is 4.47. The van der Waals surface area contributed by atoms with Crippen molar-refractivity contribution in [3.8, 4) is 23.1 Å². The number of pyridine rings is 1. The lowest BCUT2D eigenvalue weighted by molar-refractivity contribution is 0.112. The maximum atomic E-state index is 14.6. The van der Waals surface area contributed by atoms with Gasteiger partial charge >= 0.3 is 0 Å². The number of rotatable bonds is 6. The molecule has 0 saturated carbocycles. The summed E-state index contributed by atoms with van der Waals surface area (Å²) in [5, 5.41) is 15.2. The van der Waals surface area contributed by atoms with Gasteiger partial charge in [0.25, 0.3) is 0 Å². The minimum Gasteiger partial charge on any atom is -0.385 e. The van der Waals surface area contributed by atoms with Crippen LogP contribution >= 0.6 is 0 Å². The largest absolute Gasteiger partial charge is 0.385 e. The number of halogens is 1. The van der Waals surface area contributed by atoms with E-state index < -0.39 is 11.4 Å². The van der Waals surface area contributed by atoms with Gasteiger partial charge in [-0.2, -0.15) is 0 Å². The first-order chi connectivity index (χ1) is 15.8. The number of anilines is 1. The van der Waals surface area contributed by atoms with Gasteiger partial charge < -0.3 is 24.7 Å². The molecule has 0 fully saturated rings. The number of fused-ring (bicyclic) bond motifs is 1. The van der Waals surface area contributed by atoms with E-state index in [-0.39, 0.29) is 11.6 Å². The average Bonchev–Trinajstić information content (AvgIpc) is 3.38. The van der Waals surface area contributed by atoms with Crippen molar-refractivity contribution in [2.45, 2.75) is 32.4 Å². The van der Waals surface area contributed by atoms with E-state index in [1.165, 1.54) is 6.92 Å². The Bertz CT molecular complexity index is 1370. The maximum absolute atomic E-state index is 14.6. The highest BCUT2D eigenvalue weighted by Gasteiger charge is 2.24. The van der Waals surface area contributed by atoms with Gasteiger partial charge in [0.1, 0.15) is 22.8 Å². The zero-order valence-corrected chi connectivity index (χ0v) is 18.5. The summed E-state index contributed by atoms with van der Waals surface area (Å²) < 4.78 is 26.7. The number of aryl methyl sites for hydroxylation is 2. The van der Waals surface area contributed by atoms with E-state index in [9.17, 15) is 9.50 Å². The number of nitrogen functional groups attached to an aromatic ring is 1. The first-order valence-electron chi connectivity index (χ1n) is 10.2. The molecule has 33 heavy (non-hydrogen) atoms. The second-order valence-corrected chi connectivity index (χ2v) is 7.74. The maximum Gasteiger partial charge on any atom is 0.220 e. The normalized spacial score (nSPS) is 13.0. The summed E-state index contributed by atoms with van der Waals surface area (Å²) in [6, 6.07) is 3.35. The fraction of sp³-hybridized carbons (Fsp3) is 0.304. The van der Waals surface area contributed by atoms with Crippen LogP contribution in [0, 0.1) is 24.6 Å². The van der Waals surface area contributed by atoms with Gasteiger partial charge in [0.2, 0.25) is 5.95 Å². The summed E-state index contributed by atoms with van der Waals surface area (Å²) >= 11 is 0. The summed E-state index contributed by atoms with van der Waals surface area (Å²) in [5.74, 6) is 5.60. The highest BCUT2D eigenvalue weighted by Crippen LogP contribution is 2.31. The molecule has 0 radical (unpaired) electrons. The van der Waals surface area contributed by atoms with Gasteiger partial charge in [-0.05, 0) is 32.3 Å². The molecule has 0 aromatic carbocycles. The Kier molecular flexibility index (Phi) is 6.09. The molecule has 4 rings (SSSR count). The smallest absolute Gasteiger partial charge is 0.220 e. The number of methoxy groups -OCH3 is 1. The van der Waals surface area contributed by atoms with Crippen LogP contribution in [0.4, 0.5) is 10.3 Å². The molecule has 4 aromatic rings. The summed E-state index contributed by atoms with van der Waals surface area (Å²) in [6.07, 6.45) is 5.27. The highest BCUT2D eigenvalue weighted by molar-refractivity contribution is 5.95.